The molecule has 112 valence electrons. The van der Waals surface area contributed by atoms with Crippen molar-refractivity contribution in [2.75, 3.05) is 14.2 Å². The van der Waals surface area contributed by atoms with Gasteiger partial charge in [-0.1, -0.05) is 24.3 Å². The summed E-state index contributed by atoms with van der Waals surface area (Å²) in [7, 11) is 3.33. The average Bonchev–Trinajstić information content (AvgIpc) is 2.62. The molecule has 2 unspecified atom stereocenters. The highest BCUT2D eigenvalue weighted by atomic mass is 27.2. The van der Waals surface area contributed by atoms with Crippen LogP contribution in [0.2, 0.25) is 0 Å². The molecule has 0 aromatic heterocycles. The molecule has 2 aromatic carbocycles. The van der Waals surface area contributed by atoms with Crippen LogP contribution >= 0.6 is 0 Å². The molecule has 0 spiro atoms. The Bertz CT molecular complexity index is 544. The van der Waals surface area contributed by atoms with Crippen molar-refractivity contribution < 1.29 is 17.1 Å². The maximum absolute atomic E-state index is 5.77. The first-order valence-corrected chi connectivity index (χ1v) is 8.00. The second kappa shape index (κ2) is 7.17. The Balaban J connectivity index is 1.72. The van der Waals surface area contributed by atoms with Gasteiger partial charge < -0.3 is 17.1 Å². The fraction of sp³-hybridized carbons (Fsp3) is 0.235. The van der Waals surface area contributed by atoms with Gasteiger partial charge in [0.15, 0.2) is 0 Å². The summed E-state index contributed by atoms with van der Waals surface area (Å²) in [6.45, 7) is 0. The van der Waals surface area contributed by atoms with Crippen LogP contribution in [0.4, 0.5) is 0 Å². The van der Waals surface area contributed by atoms with Crippen LogP contribution in [0.25, 0.3) is 0 Å². The highest BCUT2D eigenvalue weighted by Gasteiger charge is 2.27. The lowest BCUT2D eigenvalue weighted by Crippen LogP contribution is -2.24. The van der Waals surface area contributed by atoms with E-state index in [2.05, 4.69) is 6.42 Å². The Hall–Kier alpha value is -1.51. The molecule has 1 aliphatic heterocycles. The molecule has 3 rings (SSSR count). The summed E-state index contributed by atoms with van der Waals surface area (Å²) in [5.74, 6) is 1.68. The third kappa shape index (κ3) is 3.45. The van der Waals surface area contributed by atoms with Crippen molar-refractivity contribution >= 4 is 15.9 Å². The molecule has 22 heavy (non-hydrogen) atoms. The summed E-state index contributed by atoms with van der Waals surface area (Å²) in [6, 6.07) is 15.9. The Morgan fingerprint density at radius 2 is 1.14 bits per heavy atom. The normalized spacial score (nSPS) is 21.0. The lowest BCUT2D eigenvalue weighted by molar-refractivity contribution is 0.0817. The van der Waals surface area contributed by atoms with E-state index >= 15 is 0 Å². The molecule has 1 saturated heterocycles. The third-order valence-electron chi connectivity index (χ3n) is 3.64. The quantitative estimate of drug-likeness (QED) is 0.812. The monoisotopic (exact) mass is 312 g/mol. The van der Waals surface area contributed by atoms with E-state index < -0.39 is 15.9 Å². The maximum Gasteiger partial charge on any atom is 0.669 e. The van der Waals surface area contributed by atoms with E-state index in [4.69, 9.17) is 17.1 Å². The Morgan fingerprint density at radius 3 is 1.50 bits per heavy atom. The van der Waals surface area contributed by atoms with Gasteiger partial charge in [0.2, 0.25) is 0 Å². The van der Waals surface area contributed by atoms with Gasteiger partial charge in [0.25, 0.3) is 0 Å². The van der Waals surface area contributed by atoms with Gasteiger partial charge in [-0.2, -0.15) is 0 Å². The van der Waals surface area contributed by atoms with Crippen molar-refractivity contribution in [1.82, 2.24) is 0 Å². The molecule has 1 aliphatic rings. The van der Waals surface area contributed by atoms with Crippen LogP contribution < -0.4 is 9.47 Å². The number of benzene rings is 2. The molecule has 0 aliphatic carbocycles. The molecular formula is C17H17AlO4. The average molecular weight is 312 g/mol. The minimum absolute atomic E-state index is 0.0539. The highest BCUT2D eigenvalue weighted by molar-refractivity contribution is 6.18. The van der Waals surface area contributed by atoms with E-state index in [1.165, 1.54) is 0 Å². The van der Waals surface area contributed by atoms with E-state index in [1.54, 1.807) is 14.2 Å². The second-order valence-corrected chi connectivity index (χ2v) is 5.69. The SMILES string of the molecule is COc1ccc(C2[CH]C(c3ccc(OC)cc3)[O][Al][O]2)cc1. The minimum atomic E-state index is -0.491. The lowest BCUT2D eigenvalue weighted by Gasteiger charge is -2.31. The molecule has 5 heteroatoms. The van der Waals surface area contributed by atoms with Gasteiger partial charge in [0.05, 0.1) is 26.4 Å². The summed E-state index contributed by atoms with van der Waals surface area (Å²) in [6.07, 6.45) is 1.98. The van der Waals surface area contributed by atoms with E-state index in [9.17, 15) is 0 Å². The van der Waals surface area contributed by atoms with Crippen molar-refractivity contribution in [2.24, 2.45) is 0 Å². The molecule has 0 bridgehead atoms. The van der Waals surface area contributed by atoms with Gasteiger partial charge in [0.1, 0.15) is 11.5 Å². The first kappa shape index (κ1) is 15.4. The zero-order valence-corrected chi connectivity index (χ0v) is 13.7. The fourth-order valence-corrected chi connectivity index (χ4v) is 3.17. The van der Waals surface area contributed by atoms with Crippen molar-refractivity contribution in [1.29, 1.82) is 0 Å². The van der Waals surface area contributed by atoms with Crippen LogP contribution in [0.1, 0.15) is 23.3 Å². The molecule has 1 heterocycles. The number of hydrogen-bond acceptors (Lipinski definition) is 4. The van der Waals surface area contributed by atoms with Gasteiger partial charge in [0, 0.05) is 6.42 Å². The van der Waals surface area contributed by atoms with Crippen LogP contribution in [0, 0.1) is 6.42 Å². The van der Waals surface area contributed by atoms with Crippen molar-refractivity contribution in [3.63, 3.8) is 0 Å². The third-order valence-corrected chi connectivity index (χ3v) is 4.45. The first-order chi connectivity index (χ1) is 10.8. The highest BCUT2D eigenvalue weighted by Crippen LogP contribution is 2.35. The van der Waals surface area contributed by atoms with Crippen molar-refractivity contribution in [3.8, 4) is 11.5 Å². The molecule has 2 radical (unpaired) electrons. The second-order valence-electron chi connectivity index (χ2n) is 4.95. The molecule has 1 fully saturated rings. The van der Waals surface area contributed by atoms with Crippen molar-refractivity contribution in [2.45, 2.75) is 12.2 Å². The predicted molar refractivity (Wildman–Crippen MR) is 83.7 cm³/mol. The summed E-state index contributed by atoms with van der Waals surface area (Å²) in [4.78, 5) is 0. The fourth-order valence-electron chi connectivity index (χ4n) is 2.37. The van der Waals surface area contributed by atoms with Gasteiger partial charge in [-0.25, -0.2) is 0 Å². The molecule has 4 nitrogen and oxygen atoms in total. The van der Waals surface area contributed by atoms with Gasteiger partial charge in [-0.15, -0.1) is 0 Å². The number of ether oxygens (including phenoxy) is 2. The van der Waals surface area contributed by atoms with E-state index in [-0.39, 0.29) is 12.2 Å². The molecule has 2 atom stereocenters. The van der Waals surface area contributed by atoms with Gasteiger partial charge >= 0.3 is 15.9 Å². The Kier molecular flexibility index (Phi) is 5.02. The standard InChI is InChI=1S/C17H17O4.Al/c1-20-14-7-3-12(4-8-14)16(18)11-17(19)13-5-9-15(21-2)10-6-13;/h3-11,16-17H,1-2H3;/q-2;+2. The Labute approximate surface area is 137 Å². The van der Waals surface area contributed by atoms with Crippen LogP contribution in [-0.2, 0) is 7.58 Å². The smallest absolute Gasteiger partial charge is 0.497 e. The van der Waals surface area contributed by atoms with E-state index in [0.717, 1.165) is 22.6 Å². The zero-order valence-electron chi connectivity index (χ0n) is 12.6. The van der Waals surface area contributed by atoms with Gasteiger partial charge in [-0.05, 0) is 35.4 Å². The minimum Gasteiger partial charge on any atom is -0.497 e. The molecule has 0 amide bonds. The van der Waals surface area contributed by atoms with E-state index in [1.807, 2.05) is 48.5 Å². The number of methoxy groups -OCH3 is 2. The maximum atomic E-state index is 5.77. The molecule has 0 N–H and O–H groups in total. The van der Waals surface area contributed by atoms with Crippen molar-refractivity contribution in [3.05, 3.63) is 66.1 Å². The molecule has 0 saturated carbocycles. The summed E-state index contributed by atoms with van der Waals surface area (Å²) in [5, 5.41) is 0. The van der Waals surface area contributed by atoms with E-state index in [0.29, 0.717) is 0 Å². The summed E-state index contributed by atoms with van der Waals surface area (Å²) < 4.78 is 21.9. The predicted octanol–water partition coefficient (Wildman–Crippen LogP) is 3.27. The van der Waals surface area contributed by atoms with Crippen LogP contribution in [0.15, 0.2) is 48.5 Å². The number of rotatable bonds is 4. The Morgan fingerprint density at radius 1 is 0.727 bits per heavy atom. The number of hydrogen-bond donors (Lipinski definition) is 0. The summed E-state index contributed by atoms with van der Waals surface area (Å²) in [5.41, 5.74) is 2.21. The largest absolute Gasteiger partial charge is 0.669 e. The molecule has 2 aromatic rings. The topological polar surface area (TPSA) is 36.9 Å². The van der Waals surface area contributed by atoms with Crippen LogP contribution in [-0.4, -0.2) is 30.1 Å². The molecular weight excluding hydrogens is 295 g/mol. The zero-order chi connectivity index (χ0) is 15.4. The van der Waals surface area contributed by atoms with Crippen LogP contribution in [0.3, 0.4) is 0 Å². The van der Waals surface area contributed by atoms with Crippen LogP contribution in [0.5, 0.6) is 11.5 Å². The first-order valence-electron chi connectivity index (χ1n) is 7.05. The lowest BCUT2D eigenvalue weighted by atomic mass is 9.98. The van der Waals surface area contributed by atoms with Gasteiger partial charge in [-0.3, -0.25) is 0 Å². The summed E-state index contributed by atoms with van der Waals surface area (Å²) >= 11 is -0.491.